The maximum atomic E-state index is 12.9. The third-order valence-corrected chi connectivity index (χ3v) is 5.39. The molecule has 2 aliphatic heterocycles. The van der Waals surface area contributed by atoms with Crippen LogP contribution in [-0.2, 0) is 0 Å². The van der Waals surface area contributed by atoms with Crippen molar-refractivity contribution >= 4 is 17.4 Å². The Kier molecular flexibility index (Phi) is 4.99. The van der Waals surface area contributed by atoms with Crippen molar-refractivity contribution in [3.05, 3.63) is 53.2 Å². The highest BCUT2D eigenvalue weighted by molar-refractivity contribution is 5.94. The van der Waals surface area contributed by atoms with Crippen LogP contribution in [0, 0.1) is 13.8 Å². The summed E-state index contributed by atoms with van der Waals surface area (Å²) in [5, 5.41) is 3.33. The van der Waals surface area contributed by atoms with Gasteiger partial charge in [-0.1, -0.05) is 6.07 Å². The first-order valence-electron chi connectivity index (χ1n) is 9.65. The number of amides is 1. The highest BCUT2D eigenvalue weighted by Crippen LogP contribution is 2.21. The molecule has 0 spiro atoms. The molecule has 3 heterocycles. The molecule has 0 unspecified atom stereocenters. The summed E-state index contributed by atoms with van der Waals surface area (Å²) in [6, 6.07) is 10.2. The lowest BCUT2D eigenvalue weighted by Gasteiger charge is -2.36. The van der Waals surface area contributed by atoms with Crippen LogP contribution in [0.25, 0.3) is 0 Å². The number of aryl methyl sites for hydroxylation is 2. The number of carbonyl (C=O) groups excluding carboxylic acids is 1. The third-order valence-electron chi connectivity index (χ3n) is 5.39. The number of benzene rings is 1. The van der Waals surface area contributed by atoms with E-state index in [0.29, 0.717) is 0 Å². The predicted molar refractivity (Wildman–Crippen MR) is 108 cm³/mol. The summed E-state index contributed by atoms with van der Waals surface area (Å²) in [5.74, 6) is 1.16. The van der Waals surface area contributed by atoms with E-state index in [-0.39, 0.29) is 5.91 Å². The number of aromatic nitrogens is 1. The number of hydrogen-bond acceptors (Lipinski definition) is 5. The highest BCUT2D eigenvalue weighted by Gasteiger charge is 2.24. The van der Waals surface area contributed by atoms with Gasteiger partial charge in [-0.25, -0.2) is 4.98 Å². The average molecular weight is 365 g/mol. The number of anilines is 2. The molecule has 1 amide bonds. The molecular formula is C21H27N5O. The van der Waals surface area contributed by atoms with Crippen molar-refractivity contribution in [3.63, 3.8) is 0 Å². The summed E-state index contributed by atoms with van der Waals surface area (Å²) in [6.45, 7) is 10.2. The zero-order chi connectivity index (χ0) is 18.8. The molecule has 1 N–H and O–H groups in total. The lowest BCUT2D eigenvalue weighted by molar-refractivity contribution is 0.0746. The number of hydrogen-bond donors (Lipinski definition) is 1. The smallest absolute Gasteiger partial charge is 0.253 e. The van der Waals surface area contributed by atoms with Gasteiger partial charge in [-0.2, -0.15) is 0 Å². The molecule has 2 aliphatic rings. The van der Waals surface area contributed by atoms with Crippen LogP contribution in [0.15, 0.2) is 36.5 Å². The van der Waals surface area contributed by atoms with E-state index in [1.165, 1.54) is 16.8 Å². The van der Waals surface area contributed by atoms with Gasteiger partial charge in [0, 0.05) is 56.7 Å². The van der Waals surface area contributed by atoms with Gasteiger partial charge in [-0.3, -0.25) is 10.1 Å². The van der Waals surface area contributed by atoms with Crippen LogP contribution in [0.3, 0.4) is 0 Å². The largest absolute Gasteiger partial charge is 0.357 e. The number of pyridine rings is 1. The summed E-state index contributed by atoms with van der Waals surface area (Å²) < 4.78 is 0. The highest BCUT2D eigenvalue weighted by atomic mass is 16.2. The number of nitrogens with one attached hydrogen (secondary N) is 1. The molecule has 0 atom stereocenters. The van der Waals surface area contributed by atoms with E-state index in [1.54, 1.807) is 0 Å². The molecule has 4 rings (SSSR count). The molecule has 142 valence electrons. The normalized spacial score (nSPS) is 17.5. The molecule has 0 saturated carbocycles. The van der Waals surface area contributed by atoms with Crippen LogP contribution in [-0.4, -0.2) is 61.7 Å². The van der Waals surface area contributed by atoms with Crippen LogP contribution in [0.4, 0.5) is 11.5 Å². The molecule has 0 radical (unpaired) electrons. The molecular weight excluding hydrogens is 338 g/mol. The predicted octanol–water partition coefficient (Wildman–Crippen LogP) is 2.03. The lowest BCUT2D eigenvalue weighted by atomic mass is 10.1. The van der Waals surface area contributed by atoms with E-state index in [2.05, 4.69) is 52.1 Å². The number of carbonyl (C=O) groups is 1. The molecule has 0 aliphatic carbocycles. The summed E-state index contributed by atoms with van der Waals surface area (Å²) in [6.07, 6.45) is 1.91. The van der Waals surface area contributed by atoms with Gasteiger partial charge in [0.05, 0.1) is 6.67 Å². The van der Waals surface area contributed by atoms with Crippen molar-refractivity contribution < 1.29 is 4.79 Å². The summed E-state index contributed by atoms with van der Waals surface area (Å²) in [4.78, 5) is 24.0. The van der Waals surface area contributed by atoms with Gasteiger partial charge in [-0.15, -0.1) is 0 Å². The Bertz CT molecular complexity index is 806. The Morgan fingerprint density at radius 1 is 1.00 bits per heavy atom. The minimum Gasteiger partial charge on any atom is -0.357 e. The summed E-state index contributed by atoms with van der Waals surface area (Å²) in [5.41, 5.74) is 4.31. The Morgan fingerprint density at radius 3 is 2.37 bits per heavy atom. The van der Waals surface area contributed by atoms with E-state index in [4.69, 9.17) is 0 Å². The summed E-state index contributed by atoms with van der Waals surface area (Å²) >= 11 is 0. The molecule has 0 bridgehead atoms. The molecule has 6 heteroatoms. The second kappa shape index (κ2) is 7.56. The second-order valence-electron chi connectivity index (χ2n) is 7.40. The number of nitrogens with zero attached hydrogens (tertiary/aromatic N) is 4. The average Bonchev–Trinajstić information content (AvgIpc) is 3.23. The van der Waals surface area contributed by atoms with Crippen molar-refractivity contribution in [2.75, 3.05) is 55.7 Å². The molecule has 1 aromatic heterocycles. The van der Waals surface area contributed by atoms with Gasteiger partial charge in [0.2, 0.25) is 0 Å². The standard InChI is InChI=1S/C21H27N5O/c1-16-13-17(2)20(23-14-16)24-9-11-25(12-10-24)21(27)18-3-5-19(6-4-18)26-8-7-22-15-26/h3-6,13-14,22H,7-12,15H2,1-2H3. The van der Waals surface area contributed by atoms with Crippen LogP contribution in [0.1, 0.15) is 21.5 Å². The maximum absolute atomic E-state index is 12.9. The molecule has 27 heavy (non-hydrogen) atoms. The lowest BCUT2D eigenvalue weighted by Crippen LogP contribution is -2.49. The van der Waals surface area contributed by atoms with Crippen molar-refractivity contribution in [2.45, 2.75) is 13.8 Å². The van der Waals surface area contributed by atoms with E-state index >= 15 is 0 Å². The van der Waals surface area contributed by atoms with E-state index in [9.17, 15) is 4.79 Å². The summed E-state index contributed by atoms with van der Waals surface area (Å²) in [7, 11) is 0. The topological polar surface area (TPSA) is 51.7 Å². The minimum absolute atomic E-state index is 0.120. The van der Waals surface area contributed by atoms with Crippen molar-refractivity contribution in [1.29, 1.82) is 0 Å². The van der Waals surface area contributed by atoms with E-state index in [1.807, 2.05) is 23.2 Å². The first kappa shape index (κ1) is 17.8. The van der Waals surface area contributed by atoms with Crippen molar-refractivity contribution in [3.8, 4) is 0 Å². The zero-order valence-corrected chi connectivity index (χ0v) is 16.1. The maximum Gasteiger partial charge on any atom is 0.253 e. The van der Waals surface area contributed by atoms with Gasteiger partial charge in [-0.05, 0) is 49.2 Å². The fourth-order valence-corrected chi connectivity index (χ4v) is 3.89. The first-order chi connectivity index (χ1) is 13.1. The molecule has 1 aromatic carbocycles. The third kappa shape index (κ3) is 3.76. The molecule has 2 saturated heterocycles. The molecule has 6 nitrogen and oxygen atoms in total. The Labute approximate surface area is 160 Å². The van der Waals surface area contributed by atoms with Crippen LogP contribution < -0.4 is 15.1 Å². The van der Waals surface area contributed by atoms with Gasteiger partial charge < -0.3 is 14.7 Å². The molecule has 2 aromatic rings. The molecule has 2 fully saturated rings. The quantitative estimate of drug-likeness (QED) is 0.902. The monoisotopic (exact) mass is 365 g/mol. The van der Waals surface area contributed by atoms with Crippen LogP contribution >= 0.6 is 0 Å². The number of piperazine rings is 1. The SMILES string of the molecule is Cc1cnc(N2CCN(C(=O)c3ccc(N4CCNC4)cc3)CC2)c(C)c1. The van der Waals surface area contributed by atoms with Crippen molar-refractivity contribution in [1.82, 2.24) is 15.2 Å². The number of rotatable bonds is 3. The first-order valence-corrected chi connectivity index (χ1v) is 9.65. The van der Waals surface area contributed by atoms with Crippen LogP contribution in [0.5, 0.6) is 0 Å². The van der Waals surface area contributed by atoms with Crippen molar-refractivity contribution in [2.24, 2.45) is 0 Å². The van der Waals surface area contributed by atoms with E-state index in [0.717, 1.165) is 57.3 Å². The van der Waals surface area contributed by atoms with Gasteiger partial charge >= 0.3 is 0 Å². The Morgan fingerprint density at radius 2 is 1.74 bits per heavy atom. The van der Waals surface area contributed by atoms with Gasteiger partial charge in [0.25, 0.3) is 5.91 Å². The minimum atomic E-state index is 0.120. The Balaban J connectivity index is 1.38. The van der Waals surface area contributed by atoms with Gasteiger partial charge in [0.1, 0.15) is 5.82 Å². The van der Waals surface area contributed by atoms with E-state index < -0.39 is 0 Å². The van der Waals surface area contributed by atoms with Gasteiger partial charge in [0.15, 0.2) is 0 Å². The zero-order valence-electron chi connectivity index (χ0n) is 16.1. The Hall–Kier alpha value is -2.60. The van der Waals surface area contributed by atoms with Crippen LogP contribution in [0.2, 0.25) is 0 Å². The fraction of sp³-hybridized carbons (Fsp3) is 0.429. The fourth-order valence-electron chi connectivity index (χ4n) is 3.89. The second-order valence-corrected chi connectivity index (χ2v) is 7.40.